The molecule has 2 rings (SSSR count). The summed E-state index contributed by atoms with van der Waals surface area (Å²) in [6.07, 6.45) is 7.60. The van der Waals surface area contributed by atoms with Crippen LogP contribution >= 0.6 is 0 Å². The number of aryl methyl sites for hydroxylation is 1. The normalized spacial score (nSPS) is 12.3. The second kappa shape index (κ2) is 7.68. The van der Waals surface area contributed by atoms with Crippen LogP contribution in [0.15, 0.2) is 48.9 Å². The fourth-order valence-electron chi connectivity index (χ4n) is 2.10. The Hall–Kier alpha value is -2.49. The Labute approximate surface area is 138 Å². The van der Waals surface area contributed by atoms with E-state index in [1.165, 1.54) is 6.20 Å². The SMILES string of the molecule is C=C(/C=C\c1ncccc1C)Nc1cc(C(C)CC)ncc1F.[HH]. The van der Waals surface area contributed by atoms with Gasteiger partial charge in [-0.2, -0.15) is 0 Å². The second-order valence-corrected chi connectivity index (χ2v) is 5.59. The average molecular weight is 313 g/mol. The molecule has 0 saturated heterocycles. The van der Waals surface area contributed by atoms with Crippen molar-refractivity contribution in [2.45, 2.75) is 33.1 Å². The molecule has 0 aliphatic heterocycles. The van der Waals surface area contributed by atoms with E-state index in [0.29, 0.717) is 11.4 Å². The van der Waals surface area contributed by atoms with Crippen LogP contribution in [0.5, 0.6) is 0 Å². The van der Waals surface area contributed by atoms with Crippen LogP contribution in [0, 0.1) is 12.7 Å². The van der Waals surface area contributed by atoms with Gasteiger partial charge in [-0.15, -0.1) is 0 Å². The molecule has 0 fully saturated rings. The number of nitrogens with zero attached hydrogens (tertiary/aromatic N) is 2. The molecule has 2 aromatic heterocycles. The first-order valence-corrected chi connectivity index (χ1v) is 7.72. The van der Waals surface area contributed by atoms with Crippen molar-refractivity contribution < 1.29 is 5.82 Å². The fraction of sp³-hybridized carbons (Fsp3) is 0.263. The minimum atomic E-state index is -0.388. The van der Waals surface area contributed by atoms with Crippen molar-refractivity contribution in [3.8, 4) is 0 Å². The van der Waals surface area contributed by atoms with Gasteiger partial charge in [0.25, 0.3) is 0 Å². The van der Waals surface area contributed by atoms with Crippen molar-refractivity contribution in [3.05, 3.63) is 71.7 Å². The summed E-state index contributed by atoms with van der Waals surface area (Å²) in [5, 5.41) is 3.00. The third-order valence-corrected chi connectivity index (χ3v) is 3.78. The maximum Gasteiger partial charge on any atom is 0.164 e. The maximum atomic E-state index is 13.9. The lowest BCUT2D eigenvalue weighted by molar-refractivity contribution is 0.617. The maximum absolute atomic E-state index is 13.9. The van der Waals surface area contributed by atoms with E-state index in [2.05, 4.69) is 35.7 Å². The van der Waals surface area contributed by atoms with Crippen LogP contribution in [-0.4, -0.2) is 9.97 Å². The van der Waals surface area contributed by atoms with Gasteiger partial charge < -0.3 is 5.32 Å². The lowest BCUT2D eigenvalue weighted by atomic mass is 10.0. The van der Waals surface area contributed by atoms with Gasteiger partial charge in [-0.3, -0.25) is 9.97 Å². The Morgan fingerprint density at radius 2 is 2.26 bits per heavy atom. The minimum absolute atomic E-state index is 0. The monoisotopic (exact) mass is 313 g/mol. The van der Waals surface area contributed by atoms with Gasteiger partial charge in [0.2, 0.25) is 0 Å². The first kappa shape index (κ1) is 16.9. The van der Waals surface area contributed by atoms with Crippen molar-refractivity contribution in [2.75, 3.05) is 5.32 Å². The number of allylic oxidation sites excluding steroid dienone is 1. The molecule has 1 unspecified atom stereocenters. The van der Waals surface area contributed by atoms with E-state index in [1.807, 2.05) is 25.1 Å². The highest BCUT2D eigenvalue weighted by Crippen LogP contribution is 2.23. The van der Waals surface area contributed by atoms with Crippen LogP contribution in [0.25, 0.3) is 6.08 Å². The number of hydrogen-bond acceptors (Lipinski definition) is 3. The number of hydrogen-bond donors (Lipinski definition) is 1. The van der Waals surface area contributed by atoms with Crippen molar-refractivity contribution >= 4 is 11.8 Å². The summed E-state index contributed by atoms with van der Waals surface area (Å²) < 4.78 is 13.9. The topological polar surface area (TPSA) is 37.8 Å². The van der Waals surface area contributed by atoms with Gasteiger partial charge in [0, 0.05) is 19.0 Å². The van der Waals surface area contributed by atoms with Crippen molar-refractivity contribution in [2.24, 2.45) is 0 Å². The molecule has 3 nitrogen and oxygen atoms in total. The smallest absolute Gasteiger partial charge is 0.164 e. The predicted octanol–water partition coefficient (Wildman–Crippen LogP) is 5.32. The zero-order chi connectivity index (χ0) is 16.8. The second-order valence-electron chi connectivity index (χ2n) is 5.59. The largest absolute Gasteiger partial charge is 0.354 e. The molecule has 0 aliphatic carbocycles. The highest BCUT2D eigenvalue weighted by Gasteiger charge is 2.09. The third kappa shape index (κ3) is 4.49. The standard InChI is InChI=1S/C19H22FN3.H2/c1-5-13(2)18-11-19(16(20)12-22-18)23-15(4)8-9-17-14(3)7-6-10-21-17;/h6-13H,4-5H2,1-3H3,(H,22,23);1H/b9-8-;. The number of anilines is 1. The molecule has 23 heavy (non-hydrogen) atoms. The van der Waals surface area contributed by atoms with Crippen molar-refractivity contribution in [3.63, 3.8) is 0 Å². The summed E-state index contributed by atoms with van der Waals surface area (Å²) >= 11 is 0. The summed E-state index contributed by atoms with van der Waals surface area (Å²) in [5.74, 6) is -0.100. The van der Waals surface area contributed by atoms with Gasteiger partial charge in [-0.05, 0) is 49.1 Å². The molecule has 2 heterocycles. The molecule has 4 heteroatoms. The molecule has 0 bridgehead atoms. The molecule has 1 atom stereocenters. The summed E-state index contributed by atoms with van der Waals surface area (Å²) in [4.78, 5) is 8.43. The zero-order valence-corrected chi connectivity index (χ0v) is 13.8. The Kier molecular flexibility index (Phi) is 5.63. The molecular formula is C19H24FN3. The highest BCUT2D eigenvalue weighted by molar-refractivity contribution is 5.57. The lowest BCUT2D eigenvalue weighted by Crippen LogP contribution is -2.03. The molecule has 0 spiro atoms. The predicted molar refractivity (Wildman–Crippen MR) is 95.8 cm³/mol. The molecule has 1 N–H and O–H groups in total. The third-order valence-electron chi connectivity index (χ3n) is 3.78. The zero-order valence-electron chi connectivity index (χ0n) is 13.8. The quantitative estimate of drug-likeness (QED) is 0.733. The van der Waals surface area contributed by atoms with E-state index in [-0.39, 0.29) is 13.2 Å². The minimum Gasteiger partial charge on any atom is -0.354 e. The number of aromatic nitrogens is 2. The van der Waals surface area contributed by atoms with Crippen molar-refractivity contribution in [1.82, 2.24) is 9.97 Å². The number of pyridine rings is 2. The van der Waals surface area contributed by atoms with Gasteiger partial charge in [0.1, 0.15) is 0 Å². The Bertz CT molecular complexity index is 728. The van der Waals surface area contributed by atoms with Gasteiger partial charge in [-0.25, -0.2) is 4.39 Å². The molecule has 2 aromatic rings. The van der Waals surface area contributed by atoms with Gasteiger partial charge in [0.15, 0.2) is 5.82 Å². The van der Waals surface area contributed by atoms with E-state index < -0.39 is 0 Å². The molecule has 0 radical (unpaired) electrons. The summed E-state index contributed by atoms with van der Waals surface area (Å²) in [7, 11) is 0. The fourth-order valence-corrected chi connectivity index (χ4v) is 2.10. The molecule has 0 saturated carbocycles. The number of nitrogens with one attached hydrogen (secondary N) is 1. The summed E-state index contributed by atoms with van der Waals surface area (Å²) in [6.45, 7) is 10.1. The molecule has 0 aromatic carbocycles. The molecule has 0 aliphatic rings. The highest BCUT2D eigenvalue weighted by atomic mass is 19.1. The van der Waals surface area contributed by atoms with Gasteiger partial charge in [-0.1, -0.05) is 26.5 Å². The van der Waals surface area contributed by atoms with E-state index in [9.17, 15) is 4.39 Å². The first-order chi connectivity index (χ1) is 11.0. The van der Waals surface area contributed by atoms with Gasteiger partial charge in [0.05, 0.1) is 17.6 Å². The van der Waals surface area contributed by atoms with E-state index in [4.69, 9.17) is 0 Å². The Morgan fingerprint density at radius 3 is 2.96 bits per heavy atom. The molecule has 122 valence electrons. The van der Waals surface area contributed by atoms with Crippen molar-refractivity contribution in [1.29, 1.82) is 0 Å². The summed E-state index contributed by atoms with van der Waals surface area (Å²) in [6, 6.07) is 5.63. The van der Waals surface area contributed by atoms with E-state index in [0.717, 1.165) is 23.4 Å². The number of rotatable bonds is 6. The van der Waals surface area contributed by atoms with Crippen LogP contribution in [-0.2, 0) is 0 Å². The Morgan fingerprint density at radius 1 is 1.48 bits per heavy atom. The van der Waals surface area contributed by atoms with Crippen LogP contribution in [0.2, 0.25) is 0 Å². The van der Waals surface area contributed by atoms with Gasteiger partial charge >= 0.3 is 0 Å². The van der Waals surface area contributed by atoms with E-state index >= 15 is 0 Å². The molecular weight excluding hydrogens is 289 g/mol. The van der Waals surface area contributed by atoms with Crippen LogP contribution in [0.3, 0.4) is 0 Å². The van der Waals surface area contributed by atoms with E-state index in [1.54, 1.807) is 18.3 Å². The lowest BCUT2D eigenvalue weighted by Gasteiger charge is -2.12. The Balaban J connectivity index is 0.00000288. The molecule has 0 amide bonds. The van der Waals surface area contributed by atoms with Crippen LogP contribution in [0.4, 0.5) is 10.1 Å². The first-order valence-electron chi connectivity index (χ1n) is 7.72. The summed E-state index contributed by atoms with van der Waals surface area (Å²) in [5.41, 5.74) is 3.79. The van der Waals surface area contributed by atoms with Crippen LogP contribution in [0.1, 0.15) is 44.6 Å². The average Bonchev–Trinajstić information content (AvgIpc) is 2.55. The van der Waals surface area contributed by atoms with Crippen LogP contribution < -0.4 is 5.32 Å². The number of halogens is 1.